The fourth-order valence-electron chi connectivity index (χ4n) is 2.60. The van der Waals surface area contributed by atoms with Crippen molar-refractivity contribution < 1.29 is 20.1 Å². The minimum atomic E-state index is -1.33. The molecule has 1 aliphatic rings. The zero-order valence-corrected chi connectivity index (χ0v) is 11.3. The van der Waals surface area contributed by atoms with Crippen molar-refractivity contribution in [2.24, 2.45) is 5.73 Å². The molecule has 0 saturated carbocycles. The topological polar surface area (TPSA) is 170 Å². The number of H-pyrrole nitrogens is 1. The molecule has 0 radical (unpaired) electrons. The number of hydrogen-bond donors (Lipinski definition) is 6. The number of aliphatic hydroxyl groups excluding tert-OH is 3. The summed E-state index contributed by atoms with van der Waals surface area (Å²) in [5.74, 6) is -0.339. The van der Waals surface area contributed by atoms with Gasteiger partial charge in [0.2, 0.25) is 0 Å². The van der Waals surface area contributed by atoms with Gasteiger partial charge in [-0.2, -0.15) is 0 Å². The van der Waals surface area contributed by atoms with Crippen molar-refractivity contribution in [1.29, 1.82) is 5.41 Å². The van der Waals surface area contributed by atoms with E-state index in [0.717, 1.165) is 0 Å². The second-order valence-corrected chi connectivity index (χ2v) is 5.02. The molecule has 0 aliphatic carbocycles. The van der Waals surface area contributed by atoms with Gasteiger partial charge in [0.1, 0.15) is 29.8 Å². The Hall–Kier alpha value is -2.27. The molecule has 118 valence electrons. The number of hydrogen-bond acceptors (Lipinski definition) is 7. The molecule has 0 bridgehead atoms. The van der Waals surface area contributed by atoms with E-state index in [4.69, 9.17) is 21.0 Å². The summed E-state index contributed by atoms with van der Waals surface area (Å²) in [6, 6.07) is 0. The van der Waals surface area contributed by atoms with Gasteiger partial charge in [-0.15, -0.1) is 0 Å². The van der Waals surface area contributed by atoms with E-state index in [0.29, 0.717) is 0 Å². The van der Waals surface area contributed by atoms with Crippen molar-refractivity contribution in [3.63, 3.8) is 0 Å². The molecule has 0 spiro atoms. The fraction of sp³-hybridized carbons (Fsp3) is 0.417. The van der Waals surface area contributed by atoms with Gasteiger partial charge in [-0.3, -0.25) is 10.2 Å². The molecule has 10 nitrogen and oxygen atoms in total. The molecule has 22 heavy (non-hydrogen) atoms. The monoisotopic (exact) mass is 309 g/mol. The van der Waals surface area contributed by atoms with E-state index in [9.17, 15) is 15.0 Å². The smallest absolute Gasteiger partial charge is 0.260 e. The third kappa shape index (κ3) is 2.01. The van der Waals surface area contributed by atoms with Crippen molar-refractivity contribution in [3.8, 4) is 0 Å². The SMILES string of the molecule is N=C(N)c1cn([C@H]2O[C@@H](CO)[C@@H](O)[C@H]2O)c2nc[nH]c(=O)c12. The molecule has 1 fully saturated rings. The Bertz CT molecular complexity index is 784. The summed E-state index contributed by atoms with van der Waals surface area (Å²) in [6.07, 6.45) is -2.09. The van der Waals surface area contributed by atoms with Gasteiger partial charge in [-0.25, -0.2) is 4.98 Å². The third-order valence-corrected chi connectivity index (χ3v) is 3.70. The Morgan fingerprint density at radius 3 is 2.82 bits per heavy atom. The summed E-state index contributed by atoms with van der Waals surface area (Å²) >= 11 is 0. The maximum Gasteiger partial charge on any atom is 0.260 e. The molecule has 2 aromatic rings. The van der Waals surface area contributed by atoms with E-state index < -0.39 is 36.7 Å². The number of amidine groups is 1. The number of nitrogen functional groups attached to an aromatic ring is 1. The van der Waals surface area contributed by atoms with Crippen LogP contribution in [-0.4, -0.2) is 60.6 Å². The number of nitrogens with one attached hydrogen (secondary N) is 2. The van der Waals surface area contributed by atoms with Crippen LogP contribution >= 0.6 is 0 Å². The molecule has 10 heteroatoms. The number of nitrogens with two attached hydrogens (primary N) is 1. The molecule has 4 atom stereocenters. The second-order valence-electron chi connectivity index (χ2n) is 5.02. The van der Waals surface area contributed by atoms with E-state index in [2.05, 4.69) is 9.97 Å². The minimum absolute atomic E-state index is 0.0905. The van der Waals surface area contributed by atoms with Crippen LogP contribution in [0.4, 0.5) is 0 Å². The van der Waals surface area contributed by atoms with Gasteiger partial charge < -0.3 is 35.3 Å². The molecule has 3 rings (SSSR count). The summed E-state index contributed by atoms with van der Waals surface area (Å²) in [7, 11) is 0. The van der Waals surface area contributed by atoms with Crippen LogP contribution in [0.3, 0.4) is 0 Å². The van der Waals surface area contributed by atoms with E-state index in [1.807, 2.05) is 0 Å². The lowest BCUT2D eigenvalue weighted by atomic mass is 10.1. The third-order valence-electron chi connectivity index (χ3n) is 3.70. The molecule has 7 N–H and O–H groups in total. The van der Waals surface area contributed by atoms with Crippen LogP contribution in [0.25, 0.3) is 11.0 Å². The zero-order valence-electron chi connectivity index (χ0n) is 11.3. The van der Waals surface area contributed by atoms with Crippen LogP contribution in [-0.2, 0) is 4.74 Å². The molecule has 0 aromatic carbocycles. The van der Waals surface area contributed by atoms with Crippen LogP contribution in [0.2, 0.25) is 0 Å². The number of ether oxygens (including phenoxy) is 1. The highest BCUT2D eigenvalue weighted by molar-refractivity contribution is 6.06. The first-order chi connectivity index (χ1) is 10.5. The summed E-state index contributed by atoms with van der Waals surface area (Å²) in [5.41, 5.74) is 5.28. The van der Waals surface area contributed by atoms with Crippen LogP contribution in [0.1, 0.15) is 11.8 Å². The van der Waals surface area contributed by atoms with Crippen LogP contribution in [0.5, 0.6) is 0 Å². The van der Waals surface area contributed by atoms with E-state index in [-0.39, 0.29) is 22.4 Å². The van der Waals surface area contributed by atoms with E-state index in [1.54, 1.807) is 0 Å². The van der Waals surface area contributed by atoms with Crippen molar-refractivity contribution in [1.82, 2.24) is 14.5 Å². The molecule has 0 amide bonds. The average Bonchev–Trinajstić information content (AvgIpc) is 3.00. The van der Waals surface area contributed by atoms with Gasteiger partial charge in [-0.1, -0.05) is 0 Å². The number of aromatic amines is 1. The van der Waals surface area contributed by atoms with Gasteiger partial charge in [0.05, 0.1) is 18.3 Å². The van der Waals surface area contributed by atoms with Crippen LogP contribution < -0.4 is 11.3 Å². The fourth-order valence-corrected chi connectivity index (χ4v) is 2.60. The van der Waals surface area contributed by atoms with E-state index >= 15 is 0 Å². The lowest BCUT2D eigenvalue weighted by Crippen LogP contribution is -2.33. The minimum Gasteiger partial charge on any atom is -0.394 e. The van der Waals surface area contributed by atoms with Gasteiger partial charge >= 0.3 is 0 Å². The maximum absolute atomic E-state index is 11.9. The van der Waals surface area contributed by atoms with Crippen LogP contribution in [0.15, 0.2) is 17.3 Å². The van der Waals surface area contributed by atoms with Crippen molar-refractivity contribution >= 4 is 16.9 Å². The Kier molecular flexibility index (Phi) is 3.45. The lowest BCUT2D eigenvalue weighted by Gasteiger charge is -2.17. The second kappa shape index (κ2) is 5.18. The molecule has 1 aliphatic heterocycles. The predicted molar refractivity (Wildman–Crippen MR) is 74.4 cm³/mol. The Morgan fingerprint density at radius 1 is 1.50 bits per heavy atom. The highest BCUT2D eigenvalue weighted by atomic mass is 16.6. The van der Waals surface area contributed by atoms with Gasteiger partial charge in [0.25, 0.3) is 5.56 Å². The highest BCUT2D eigenvalue weighted by Crippen LogP contribution is 2.32. The van der Waals surface area contributed by atoms with Gasteiger partial charge in [0.15, 0.2) is 6.23 Å². The molecule has 2 aromatic heterocycles. The Labute approximate surface area is 123 Å². The van der Waals surface area contributed by atoms with Gasteiger partial charge in [0, 0.05) is 11.8 Å². The number of nitrogens with zero attached hydrogens (tertiary/aromatic N) is 2. The van der Waals surface area contributed by atoms with E-state index in [1.165, 1.54) is 17.1 Å². The first kappa shape index (κ1) is 14.7. The molecule has 1 saturated heterocycles. The lowest BCUT2D eigenvalue weighted by molar-refractivity contribution is -0.0508. The Balaban J connectivity index is 2.18. The normalized spacial score (nSPS) is 28.3. The molecule has 3 heterocycles. The summed E-state index contributed by atoms with van der Waals surface area (Å²) in [6.45, 7) is -0.471. The summed E-state index contributed by atoms with van der Waals surface area (Å²) in [5, 5.41) is 36.7. The molecular formula is C12H15N5O5. The number of rotatable bonds is 3. The predicted octanol–water partition coefficient (Wildman–Crippen LogP) is -2.38. The van der Waals surface area contributed by atoms with Crippen LogP contribution in [0, 0.1) is 5.41 Å². The van der Waals surface area contributed by atoms with Crippen molar-refractivity contribution in [3.05, 3.63) is 28.4 Å². The Morgan fingerprint density at radius 2 is 2.23 bits per heavy atom. The number of aromatic nitrogens is 3. The number of fused-ring (bicyclic) bond motifs is 1. The standard InChI is InChI=1S/C12H15N5O5/c13-9(14)4-1-17(10-6(4)11(21)16-3-15-10)12-8(20)7(19)5(2-18)22-12/h1,3,5,7-8,12,18-20H,2H2,(H3,13,14)(H,15,16,21)/t5-,7+,8+,12-/m0/s1. The molecule has 0 unspecified atom stereocenters. The van der Waals surface area contributed by atoms with Gasteiger partial charge in [-0.05, 0) is 0 Å². The quantitative estimate of drug-likeness (QED) is 0.271. The highest BCUT2D eigenvalue weighted by Gasteiger charge is 2.44. The summed E-state index contributed by atoms with van der Waals surface area (Å²) < 4.78 is 6.74. The average molecular weight is 309 g/mol. The largest absolute Gasteiger partial charge is 0.394 e. The summed E-state index contributed by atoms with van der Waals surface area (Å²) in [4.78, 5) is 18.4. The molecular weight excluding hydrogens is 294 g/mol. The maximum atomic E-state index is 11.9. The first-order valence-corrected chi connectivity index (χ1v) is 6.50. The number of aliphatic hydroxyl groups is 3. The van der Waals surface area contributed by atoms with Crippen molar-refractivity contribution in [2.45, 2.75) is 24.5 Å². The zero-order chi connectivity index (χ0) is 16.0. The first-order valence-electron chi connectivity index (χ1n) is 6.50. The van der Waals surface area contributed by atoms with Crippen molar-refractivity contribution in [2.75, 3.05) is 6.61 Å².